The van der Waals surface area contributed by atoms with Gasteiger partial charge in [0.2, 0.25) is 0 Å². The van der Waals surface area contributed by atoms with Crippen LogP contribution < -0.4 is 10.1 Å². The molecule has 0 unspecified atom stereocenters. The molecule has 0 aliphatic heterocycles. The van der Waals surface area contributed by atoms with E-state index in [2.05, 4.69) is 5.32 Å². The van der Waals surface area contributed by atoms with E-state index >= 15 is 0 Å². The average Bonchev–Trinajstić information content (AvgIpc) is 3.03. The van der Waals surface area contributed by atoms with E-state index in [0.717, 1.165) is 12.1 Å². The van der Waals surface area contributed by atoms with E-state index in [1.807, 2.05) is 0 Å². The highest BCUT2D eigenvalue weighted by molar-refractivity contribution is 6.41. The second-order valence-electron chi connectivity index (χ2n) is 7.37. The molecule has 4 rings (SSSR count). The summed E-state index contributed by atoms with van der Waals surface area (Å²) in [7, 11) is 0. The summed E-state index contributed by atoms with van der Waals surface area (Å²) in [5.41, 5.74) is 0.277. The van der Waals surface area contributed by atoms with Crippen molar-refractivity contribution < 1.29 is 32.3 Å². The van der Waals surface area contributed by atoms with Crippen LogP contribution in [0, 0.1) is 0 Å². The normalized spacial score (nSPS) is 13.0. The number of fused-ring (bicyclic) bond motifs is 1. The molecule has 1 amide bonds. The maximum Gasteiger partial charge on any atom is 0.416 e. The molecule has 0 atom stereocenters. The Morgan fingerprint density at radius 2 is 1.62 bits per heavy atom. The number of allylic oxidation sites excluding steroid dienone is 1. The monoisotopic (exact) mass is 485 g/mol. The molecule has 0 radical (unpaired) electrons. The van der Waals surface area contributed by atoms with E-state index in [1.165, 1.54) is 30.3 Å². The third-order valence-electron chi connectivity index (χ3n) is 5.00. The number of ether oxygens (including phenoxy) is 1. The largest absolute Gasteiger partial charge is 0.482 e. The Labute approximate surface area is 196 Å². The van der Waals surface area contributed by atoms with Crippen molar-refractivity contribution in [1.29, 1.82) is 0 Å². The lowest BCUT2D eigenvalue weighted by Crippen LogP contribution is -2.20. The Hall–Kier alpha value is -3.91. The fourth-order valence-corrected chi connectivity index (χ4v) is 3.65. The van der Waals surface area contributed by atoms with Crippen LogP contribution in [0.25, 0.3) is 6.08 Å². The highest BCUT2D eigenvalue weighted by Crippen LogP contribution is 2.32. The molecule has 1 aliphatic carbocycles. The van der Waals surface area contributed by atoms with Crippen LogP contribution in [-0.4, -0.2) is 24.1 Å². The highest BCUT2D eigenvalue weighted by atomic mass is 35.5. The molecule has 0 heterocycles. The van der Waals surface area contributed by atoms with Gasteiger partial charge in [0.25, 0.3) is 5.91 Å². The second kappa shape index (κ2) is 9.15. The van der Waals surface area contributed by atoms with Crippen LogP contribution in [-0.2, 0) is 11.0 Å². The van der Waals surface area contributed by atoms with Gasteiger partial charge >= 0.3 is 6.18 Å². The molecular formula is C25H15ClF3NO4. The molecule has 172 valence electrons. The minimum absolute atomic E-state index is 0.0198. The van der Waals surface area contributed by atoms with Crippen molar-refractivity contribution in [2.24, 2.45) is 0 Å². The lowest BCUT2D eigenvalue weighted by Gasteiger charge is -2.11. The van der Waals surface area contributed by atoms with Crippen molar-refractivity contribution in [2.75, 3.05) is 11.9 Å². The topological polar surface area (TPSA) is 72.5 Å². The van der Waals surface area contributed by atoms with Crippen LogP contribution in [0.4, 0.5) is 18.9 Å². The lowest BCUT2D eigenvalue weighted by molar-refractivity contribution is -0.137. The Balaban J connectivity index is 1.42. The summed E-state index contributed by atoms with van der Waals surface area (Å²) in [4.78, 5) is 37.1. The van der Waals surface area contributed by atoms with E-state index in [-0.39, 0.29) is 33.6 Å². The molecule has 3 aromatic carbocycles. The standard InChI is InChI=1S/C25H15ClF3NO4/c26-20-11-14(10-19-23(32)17-6-1-2-7-18(17)24(19)33)8-9-21(20)34-13-22(31)30-16-5-3-4-15(12-16)25(27,28)29/h1-12H,13H2,(H,30,31). The van der Waals surface area contributed by atoms with Gasteiger partial charge in [0.1, 0.15) is 5.75 Å². The van der Waals surface area contributed by atoms with Crippen LogP contribution >= 0.6 is 11.6 Å². The summed E-state index contributed by atoms with van der Waals surface area (Å²) in [5, 5.41) is 2.45. The van der Waals surface area contributed by atoms with Gasteiger partial charge in [-0.05, 0) is 42.0 Å². The highest BCUT2D eigenvalue weighted by Gasteiger charge is 2.32. The van der Waals surface area contributed by atoms with Gasteiger partial charge in [-0.3, -0.25) is 14.4 Å². The van der Waals surface area contributed by atoms with Gasteiger partial charge in [0.15, 0.2) is 18.2 Å². The quantitative estimate of drug-likeness (QED) is 0.364. The Kier molecular flexibility index (Phi) is 6.26. The van der Waals surface area contributed by atoms with Crippen molar-refractivity contribution in [3.05, 3.63) is 99.6 Å². The van der Waals surface area contributed by atoms with Crippen LogP contribution in [0.1, 0.15) is 31.8 Å². The predicted octanol–water partition coefficient (Wildman–Crippen LogP) is 5.84. The van der Waals surface area contributed by atoms with Crippen molar-refractivity contribution in [2.45, 2.75) is 6.18 Å². The molecule has 9 heteroatoms. The van der Waals surface area contributed by atoms with Gasteiger partial charge in [-0.2, -0.15) is 13.2 Å². The predicted molar refractivity (Wildman–Crippen MR) is 120 cm³/mol. The minimum Gasteiger partial charge on any atom is -0.482 e. The molecular weight excluding hydrogens is 471 g/mol. The number of alkyl halides is 3. The molecule has 0 aromatic heterocycles. The zero-order chi connectivity index (χ0) is 24.5. The van der Waals surface area contributed by atoms with Crippen molar-refractivity contribution in [3.8, 4) is 5.75 Å². The van der Waals surface area contributed by atoms with E-state index in [9.17, 15) is 27.6 Å². The molecule has 0 fully saturated rings. The summed E-state index contributed by atoms with van der Waals surface area (Å²) < 4.78 is 43.8. The van der Waals surface area contributed by atoms with Crippen LogP contribution in [0.2, 0.25) is 5.02 Å². The first-order valence-electron chi connectivity index (χ1n) is 9.93. The number of hydrogen-bond donors (Lipinski definition) is 1. The van der Waals surface area contributed by atoms with Gasteiger partial charge in [0, 0.05) is 16.8 Å². The number of halogens is 4. The summed E-state index contributed by atoms with van der Waals surface area (Å²) >= 11 is 6.21. The van der Waals surface area contributed by atoms with Gasteiger partial charge in [-0.25, -0.2) is 0 Å². The van der Waals surface area contributed by atoms with Crippen molar-refractivity contribution >= 4 is 40.8 Å². The van der Waals surface area contributed by atoms with Crippen LogP contribution in [0.5, 0.6) is 5.75 Å². The number of ketones is 2. The lowest BCUT2D eigenvalue weighted by atomic mass is 10.1. The Morgan fingerprint density at radius 3 is 2.24 bits per heavy atom. The minimum atomic E-state index is -4.53. The summed E-state index contributed by atoms with van der Waals surface area (Å²) in [6.07, 6.45) is -3.10. The molecule has 5 nitrogen and oxygen atoms in total. The van der Waals surface area contributed by atoms with Gasteiger partial charge < -0.3 is 10.1 Å². The zero-order valence-electron chi connectivity index (χ0n) is 17.3. The fourth-order valence-electron chi connectivity index (χ4n) is 3.41. The van der Waals surface area contributed by atoms with E-state index < -0.39 is 24.3 Å². The summed E-state index contributed by atoms with van der Waals surface area (Å²) in [5.74, 6) is -1.27. The van der Waals surface area contributed by atoms with Crippen LogP contribution in [0.3, 0.4) is 0 Å². The second-order valence-corrected chi connectivity index (χ2v) is 7.77. The summed E-state index contributed by atoms with van der Waals surface area (Å²) in [6, 6.07) is 15.2. The molecule has 0 spiro atoms. The number of carbonyl (C=O) groups excluding carboxylic acids is 3. The number of nitrogens with one attached hydrogen (secondary N) is 1. The first-order chi connectivity index (χ1) is 16.1. The van der Waals surface area contributed by atoms with E-state index in [4.69, 9.17) is 16.3 Å². The van der Waals surface area contributed by atoms with E-state index in [0.29, 0.717) is 16.7 Å². The molecule has 3 aromatic rings. The van der Waals surface area contributed by atoms with Crippen molar-refractivity contribution in [1.82, 2.24) is 0 Å². The van der Waals surface area contributed by atoms with Gasteiger partial charge in [-0.1, -0.05) is 48.0 Å². The van der Waals surface area contributed by atoms with Gasteiger partial charge in [-0.15, -0.1) is 0 Å². The summed E-state index contributed by atoms with van der Waals surface area (Å²) in [6.45, 7) is -0.497. The molecule has 0 saturated carbocycles. The first kappa shape index (κ1) is 23.3. The third-order valence-corrected chi connectivity index (χ3v) is 5.30. The van der Waals surface area contributed by atoms with E-state index in [1.54, 1.807) is 30.3 Å². The first-order valence-corrected chi connectivity index (χ1v) is 10.3. The third kappa shape index (κ3) is 4.87. The number of hydrogen-bond acceptors (Lipinski definition) is 4. The zero-order valence-corrected chi connectivity index (χ0v) is 18.0. The average molecular weight is 486 g/mol. The number of Topliss-reactive ketones (excluding diaryl/α,β-unsaturated/α-hetero) is 2. The molecule has 1 aliphatic rings. The smallest absolute Gasteiger partial charge is 0.416 e. The number of carbonyl (C=O) groups is 3. The SMILES string of the molecule is O=C(COc1ccc(C=C2C(=O)c3ccccc3C2=O)cc1Cl)Nc1cccc(C(F)(F)F)c1. The van der Waals surface area contributed by atoms with Crippen LogP contribution in [0.15, 0.2) is 72.3 Å². The maximum atomic E-state index is 12.8. The number of amides is 1. The molecule has 34 heavy (non-hydrogen) atoms. The number of benzene rings is 3. The molecule has 1 N–H and O–H groups in total. The number of rotatable bonds is 5. The molecule has 0 bridgehead atoms. The maximum absolute atomic E-state index is 12.8. The van der Waals surface area contributed by atoms with Crippen molar-refractivity contribution in [3.63, 3.8) is 0 Å². The molecule has 0 saturated heterocycles. The fraction of sp³-hybridized carbons (Fsp3) is 0.0800. The number of anilines is 1. The Bertz CT molecular complexity index is 1310. The van der Waals surface area contributed by atoms with Gasteiger partial charge in [0.05, 0.1) is 16.2 Å². The Morgan fingerprint density at radius 1 is 0.941 bits per heavy atom.